The molecule has 1 aromatic heterocycles. The van der Waals surface area contributed by atoms with Crippen molar-refractivity contribution in [1.29, 1.82) is 0 Å². The SMILES string of the molecule is CCc1nn(C)c(CC(=O)C2CCC(N)CC2)c1Br. The molecule has 0 amide bonds. The average molecular weight is 328 g/mol. The molecule has 0 saturated heterocycles. The van der Waals surface area contributed by atoms with Gasteiger partial charge in [0.1, 0.15) is 5.78 Å². The number of nitrogens with zero attached hydrogens (tertiary/aromatic N) is 2. The van der Waals surface area contributed by atoms with Crippen molar-refractivity contribution < 1.29 is 4.79 Å². The van der Waals surface area contributed by atoms with E-state index in [-0.39, 0.29) is 5.92 Å². The quantitative estimate of drug-likeness (QED) is 0.923. The van der Waals surface area contributed by atoms with Crippen molar-refractivity contribution in [2.75, 3.05) is 0 Å². The van der Waals surface area contributed by atoms with Crippen molar-refractivity contribution in [3.63, 3.8) is 0 Å². The van der Waals surface area contributed by atoms with Gasteiger partial charge in [-0.05, 0) is 48.0 Å². The van der Waals surface area contributed by atoms with Gasteiger partial charge in [0.05, 0.1) is 15.9 Å². The zero-order valence-corrected chi connectivity index (χ0v) is 13.2. The van der Waals surface area contributed by atoms with E-state index in [1.54, 1.807) is 0 Å². The molecule has 1 saturated carbocycles. The first-order valence-corrected chi connectivity index (χ1v) is 7.80. The summed E-state index contributed by atoms with van der Waals surface area (Å²) in [7, 11) is 1.91. The van der Waals surface area contributed by atoms with Crippen LogP contribution in [0, 0.1) is 5.92 Å². The van der Waals surface area contributed by atoms with Gasteiger partial charge in [0.15, 0.2) is 0 Å². The van der Waals surface area contributed by atoms with Gasteiger partial charge in [-0.25, -0.2) is 0 Å². The summed E-state index contributed by atoms with van der Waals surface area (Å²) in [6.45, 7) is 2.07. The van der Waals surface area contributed by atoms with E-state index < -0.39 is 0 Å². The van der Waals surface area contributed by atoms with Gasteiger partial charge in [0.2, 0.25) is 0 Å². The van der Waals surface area contributed by atoms with Crippen LogP contribution in [0.1, 0.15) is 44.0 Å². The second-order valence-electron chi connectivity index (χ2n) is 5.44. The van der Waals surface area contributed by atoms with E-state index in [1.165, 1.54) is 0 Å². The molecule has 0 radical (unpaired) electrons. The van der Waals surface area contributed by atoms with Gasteiger partial charge in [-0.15, -0.1) is 0 Å². The van der Waals surface area contributed by atoms with Crippen LogP contribution in [0.5, 0.6) is 0 Å². The van der Waals surface area contributed by atoms with Crippen LogP contribution in [0.15, 0.2) is 4.47 Å². The third-order valence-electron chi connectivity index (χ3n) is 4.07. The Labute approximate surface area is 122 Å². The second-order valence-corrected chi connectivity index (χ2v) is 6.23. The Morgan fingerprint density at radius 2 is 2.05 bits per heavy atom. The summed E-state index contributed by atoms with van der Waals surface area (Å²) >= 11 is 3.57. The fourth-order valence-electron chi connectivity index (χ4n) is 2.76. The minimum atomic E-state index is 0.187. The Balaban J connectivity index is 2.05. The van der Waals surface area contributed by atoms with Crippen LogP contribution in [0.3, 0.4) is 0 Å². The van der Waals surface area contributed by atoms with Crippen molar-refractivity contribution in [1.82, 2.24) is 9.78 Å². The molecular weight excluding hydrogens is 306 g/mol. The number of carbonyl (C=O) groups excluding carboxylic acids is 1. The number of aryl methyl sites for hydroxylation is 2. The lowest BCUT2D eigenvalue weighted by atomic mass is 9.82. The average Bonchev–Trinajstić information content (AvgIpc) is 2.67. The molecule has 19 heavy (non-hydrogen) atoms. The van der Waals surface area contributed by atoms with Gasteiger partial charge >= 0.3 is 0 Å². The van der Waals surface area contributed by atoms with Crippen molar-refractivity contribution in [3.8, 4) is 0 Å². The molecule has 2 rings (SSSR count). The maximum absolute atomic E-state index is 12.4. The van der Waals surface area contributed by atoms with Crippen LogP contribution in [-0.2, 0) is 24.7 Å². The van der Waals surface area contributed by atoms with Gasteiger partial charge in [-0.2, -0.15) is 5.10 Å². The Morgan fingerprint density at radius 1 is 1.42 bits per heavy atom. The summed E-state index contributed by atoms with van der Waals surface area (Å²) in [5.41, 5.74) is 7.91. The number of hydrogen-bond acceptors (Lipinski definition) is 3. The van der Waals surface area contributed by atoms with E-state index in [1.807, 2.05) is 11.7 Å². The molecule has 1 aromatic rings. The molecule has 1 aliphatic carbocycles. The summed E-state index contributed by atoms with van der Waals surface area (Å²) in [4.78, 5) is 12.4. The molecule has 0 atom stereocenters. The number of halogens is 1. The van der Waals surface area contributed by atoms with Crippen molar-refractivity contribution in [3.05, 3.63) is 15.9 Å². The van der Waals surface area contributed by atoms with Crippen LogP contribution in [-0.4, -0.2) is 21.6 Å². The smallest absolute Gasteiger partial charge is 0.141 e. The topological polar surface area (TPSA) is 60.9 Å². The zero-order valence-electron chi connectivity index (χ0n) is 11.7. The maximum Gasteiger partial charge on any atom is 0.141 e. The number of carbonyl (C=O) groups is 1. The normalized spacial score (nSPS) is 23.6. The van der Waals surface area contributed by atoms with Crippen LogP contribution < -0.4 is 5.73 Å². The van der Waals surface area contributed by atoms with E-state index in [0.29, 0.717) is 18.2 Å². The van der Waals surface area contributed by atoms with Crippen LogP contribution in [0.4, 0.5) is 0 Å². The Morgan fingerprint density at radius 3 is 2.58 bits per heavy atom. The maximum atomic E-state index is 12.4. The molecule has 0 unspecified atom stereocenters. The molecule has 0 aliphatic heterocycles. The highest BCUT2D eigenvalue weighted by Gasteiger charge is 2.26. The molecule has 4 nitrogen and oxygen atoms in total. The molecular formula is C14H22BrN3O. The standard InChI is InChI=1S/C14H22BrN3O/c1-3-11-14(15)12(18(2)17-11)8-13(19)9-4-6-10(16)7-5-9/h9-10H,3-8,16H2,1-2H3. The first-order chi connectivity index (χ1) is 9.02. The molecule has 2 N–H and O–H groups in total. The number of ketones is 1. The monoisotopic (exact) mass is 327 g/mol. The van der Waals surface area contributed by atoms with E-state index in [4.69, 9.17) is 5.73 Å². The molecule has 0 bridgehead atoms. The minimum Gasteiger partial charge on any atom is -0.328 e. The summed E-state index contributed by atoms with van der Waals surface area (Å²) in [6.07, 6.45) is 5.18. The van der Waals surface area contributed by atoms with Crippen LogP contribution in [0.2, 0.25) is 0 Å². The summed E-state index contributed by atoms with van der Waals surface area (Å²) in [6, 6.07) is 0.291. The number of rotatable bonds is 4. The highest BCUT2D eigenvalue weighted by Crippen LogP contribution is 2.27. The summed E-state index contributed by atoms with van der Waals surface area (Å²) in [5.74, 6) is 0.518. The van der Waals surface area contributed by atoms with E-state index in [9.17, 15) is 4.79 Å². The fourth-order valence-corrected chi connectivity index (χ4v) is 3.52. The summed E-state index contributed by atoms with van der Waals surface area (Å²) in [5, 5.41) is 4.44. The van der Waals surface area contributed by atoms with E-state index in [2.05, 4.69) is 28.0 Å². The third-order valence-corrected chi connectivity index (χ3v) is 4.99. The molecule has 0 spiro atoms. The second kappa shape index (κ2) is 6.18. The molecule has 0 aromatic carbocycles. The molecule has 5 heteroatoms. The number of Topliss-reactive ketones (excluding diaryl/α,β-unsaturated/α-hetero) is 1. The largest absolute Gasteiger partial charge is 0.328 e. The first kappa shape index (κ1) is 14.7. The summed E-state index contributed by atoms with van der Waals surface area (Å²) < 4.78 is 2.83. The Hall–Kier alpha value is -0.680. The lowest BCUT2D eigenvalue weighted by Crippen LogP contribution is -2.30. The van der Waals surface area contributed by atoms with Gasteiger partial charge in [-0.3, -0.25) is 9.48 Å². The lowest BCUT2D eigenvalue weighted by Gasteiger charge is -2.25. The van der Waals surface area contributed by atoms with Crippen LogP contribution in [0.25, 0.3) is 0 Å². The van der Waals surface area contributed by atoms with E-state index >= 15 is 0 Å². The molecule has 106 valence electrons. The highest BCUT2D eigenvalue weighted by atomic mass is 79.9. The third kappa shape index (κ3) is 3.26. The number of nitrogens with two attached hydrogens (primary N) is 1. The van der Waals surface area contributed by atoms with Gasteiger partial charge < -0.3 is 5.73 Å². The van der Waals surface area contributed by atoms with Gasteiger partial charge in [0.25, 0.3) is 0 Å². The predicted octanol–water partition coefficient (Wildman–Crippen LogP) is 2.37. The Kier molecular flexibility index (Phi) is 4.79. The number of aromatic nitrogens is 2. The van der Waals surface area contributed by atoms with Gasteiger partial charge in [0, 0.05) is 25.4 Å². The van der Waals surface area contributed by atoms with Crippen LogP contribution >= 0.6 is 15.9 Å². The van der Waals surface area contributed by atoms with Crippen molar-refractivity contribution >= 4 is 21.7 Å². The van der Waals surface area contributed by atoms with Crippen molar-refractivity contribution in [2.45, 2.75) is 51.5 Å². The Bertz CT molecular complexity index is 462. The number of hydrogen-bond donors (Lipinski definition) is 1. The van der Waals surface area contributed by atoms with E-state index in [0.717, 1.165) is 48.0 Å². The highest BCUT2D eigenvalue weighted by molar-refractivity contribution is 9.10. The lowest BCUT2D eigenvalue weighted by molar-refractivity contribution is -0.123. The molecule has 1 fully saturated rings. The zero-order chi connectivity index (χ0) is 14.0. The fraction of sp³-hybridized carbons (Fsp3) is 0.714. The van der Waals surface area contributed by atoms with Gasteiger partial charge in [-0.1, -0.05) is 6.92 Å². The molecule has 1 heterocycles. The first-order valence-electron chi connectivity index (χ1n) is 7.01. The minimum absolute atomic E-state index is 0.187. The molecule has 1 aliphatic rings. The van der Waals surface area contributed by atoms with Crippen molar-refractivity contribution in [2.24, 2.45) is 18.7 Å². The predicted molar refractivity (Wildman–Crippen MR) is 78.9 cm³/mol.